The maximum absolute atomic E-state index is 14.5. The summed E-state index contributed by atoms with van der Waals surface area (Å²) >= 11 is 0. The lowest BCUT2D eigenvalue weighted by atomic mass is 10.2. The fraction of sp³-hybridized carbons (Fsp3) is 0.235. The molecule has 0 unspecified atom stereocenters. The second-order valence-corrected chi connectivity index (χ2v) is 5.86. The third-order valence-corrected chi connectivity index (χ3v) is 4.15. The minimum absolute atomic E-state index is 0.312. The second kappa shape index (κ2) is 6.51. The number of cyclic esters (lactones) is 1. The van der Waals surface area contributed by atoms with Crippen LogP contribution in [-0.2, 0) is 4.74 Å². The van der Waals surface area contributed by atoms with Crippen LogP contribution in [0.5, 0.6) is 0 Å². The number of hydrogen-bond acceptors (Lipinski definition) is 6. The van der Waals surface area contributed by atoms with Crippen LogP contribution in [0, 0.1) is 12.7 Å². The first-order valence-corrected chi connectivity index (χ1v) is 8.04. The van der Waals surface area contributed by atoms with E-state index in [1.54, 1.807) is 42.1 Å². The highest BCUT2D eigenvalue weighted by atomic mass is 19.1. The highest BCUT2D eigenvalue weighted by Crippen LogP contribution is 2.26. The largest absolute Gasteiger partial charge is 0.442 e. The number of hydrogen-bond donors (Lipinski definition) is 1. The van der Waals surface area contributed by atoms with Crippen LogP contribution in [0.25, 0.3) is 5.69 Å². The molecule has 134 valence electrons. The minimum atomic E-state index is -0.511. The third kappa shape index (κ3) is 2.99. The van der Waals surface area contributed by atoms with Crippen LogP contribution >= 0.6 is 0 Å². The van der Waals surface area contributed by atoms with Crippen molar-refractivity contribution in [2.24, 2.45) is 0 Å². The molecule has 8 nitrogen and oxygen atoms in total. The SMILES string of the molecule is Cc1nccn1-c1ccc(N2C[C@H](CNc3ccon3)OC2=O)cc1F. The number of nitrogens with one attached hydrogen (secondary N) is 1. The summed E-state index contributed by atoms with van der Waals surface area (Å²) in [4.78, 5) is 17.6. The quantitative estimate of drug-likeness (QED) is 0.756. The maximum atomic E-state index is 14.5. The number of rotatable bonds is 5. The number of ether oxygens (including phenoxy) is 1. The zero-order valence-electron chi connectivity index (χ0n) is 13.9. The van der Waals surface area contributed by atoms with Crippen LogP contribution in [0.4, 0.5) is 20.7 Å². The average molecular weight is 357 g/mol. The normalized spacial score (nSPS) is 16.8. The number of aromatic nitrogens is 3. The van der Waals surface area contributed by atoms with Gasteiger partial charge >= 0.3 is 6.09 Å². The minimum Gasteiger partial charge on any atom is -0.442 e. The average Bonchev–Trinajstić information content (AvgIpc) is 3.35. The van der Waals surface area contributed by atoms with Gasteiger partial charge in [0.2, 0.25) is 0 Å². The number of benzene rings is 1. The van der Waals surface area contributed by atoms with Gasteiger partial charge in [-0.3, -0.25) is 4.90 Å². The van der Waals surface area contributed by atoms with Gasteiger partial charge in [0.15, 0.2) is 5.82 Å². The summed E-state index contributed by atoms with van der Waals surface area (Å²) in [7, 11) is 0. The smallest absolute Gasteiger partial charge is 0.414 e. The van der Waals surface area contributed by atoms with Crippen molar-refractivity contribution in [2.75, 3.05) is 23.3 Å². The summed E-state index contributed by atoms with van der Waals surface area (Å²) in [5.41, 5.74) is 0.818. The van der Waals surface area contributed by atoms with Gasteiger partial charge in [0, 0.05) is 18.5 Å². The van der Waals surface area contributed by atoms with Crippen molar-refractivity contribution in [3.63, 3.8) is 0 Å². The topological polar surface area (TPSA) is 85.4 Å². The molecule has 0 spiro atoms. The van der Waals surface area contributed by atoms with Crippen molar-refractivity contribution in [2.45, 2.75) is 13.0 Å². The molecule has 0 bridgehead atoms. The van der Waals surface area contributed by atoms with Gasteiger partial charge in [-0.2, -0.15) is 0 Å². The summed E-state index contributed by atoms with van der Waals surface area (Å²) < 4.78 is 26.2. The Kier molecular flexibility index (Phi) is 4.04. The first-order valence-electron chi connectivity index (χ1n) is 8.04. The van der Waals surface area contributed by atoms with Crippen molar-refractivity contribution in [3.8, 4) is 5.69 Å². The number of imidazole rings is 1. The van der Waals surface area contributed by atoms with Crippen LogP contribution in [0.3, 0.4) is 0 Å². The fourth-order valence-electron chi connectivity index (χ4n) is 2.85. The number of carbonyl (C=O) groups is 1. The van der Waals surface area contributed by atoms with Crippen molar-refractivity contribution in [3.05, 3.63) is 54.6 Å². The highest BCUT2D eigenvalue weighted by Gasteiger charge is 2.32. The molecular formula is C17H16FN5O3. The monoisotopic (exact) mass is 357 g/mol. The lowest BCUT2D eigenvalue weighted by molar-refractivity contribution is 0.147. The molecule has 2 aromatic heterocycles. The van der Waals surface area contributed by atoms with Crippen LogP contribution < -0.4 is 10.2 Å². The molecule has 0 saturated carbocycles. The van der Waals surface area contributed by atoms with E-state index < -0.39 is 11.9 Å². The molecule has 1 aromatic carbocycles. The Labute approximate surface area is 148 Å². The lowest BCUT2D eigenvalue weighted by Crippen LogP contribution is -2.27. The molecule has 26 heavy (non-hydrogen) atoms. The first-order chi connectivity index (χ1) is 12.6. The number of amides is 1. The summed E-state index contributed by atoms with van der Waals surface area (Å²) in [6, 6.07) is 6.30. The van der Waals surface area contributed by atoms with E-state index in [-0.39, 0.29) is 6.10 Å². The molecule has 1 N–H and O–H groups in total. The molecule has 3 aromatic rings. The summed E-state index contributed by atoms with van der Waals surface area (Å²) in [6.07, 6.45) is 3.85. The van der Waals surface area contributed by atoms with Crippen LogP contribution in [-0.4, -0.2) is 40.0 Å². The van der Waals surface area contributed by atoms with Crippen LogP contribution in [0.1, 0.15) is 5.82 Å². The van der Waals surface area contributed by atoms with Gasteiger partial charge < -0.3 is 19.1 Å². The zero-order chi connectivity index (χ0) is 18.1. The van der Waals surface area contributed by atoms with Crippen LogP contribution in [0.15, 0.2) is 47.4 Å². The summed E-state index contributed by atoms with van der Waals surface area (Å²) in [5, 5.41) is 6.74. The predicted octanol–water partition coefficient (Wildman–Crippen LogP) is 2.75. The van der Waals surface area contributed by atoms with E-state index in [0.717, 1.165) is 0 Å². The number of nitrogens with zero attached hydrogens (tertiary/aromatic N) is 4. The second-order valence-electron chi connectivity index (χ2n) is 5.86. The van der Waals surface area contributed by atoms with Crippen molar-refractivity contribution in [1.29, 1.82) is 0 Å². The standard InChI is InChI=1S/C17H16FN5O3/c1-11-19-5-6-22(11)15-3-2-12(8-14(15)18)23-10-13(26-17(23)24)9-20-16-4-7-25-21-16/h2-8,13H,9-10H2,1H3,(H,20,21)/t13-/m0/s1. The number of anilines is 2. The van der Waals surface area contributed by atoms with Gasteiger partial charge in [-0.15, -0.1) is 0 Å². The molecule has 1 aliphatic rings. The van der Waals surface area contributed by atoms with Crippen molar-refractivity contribution in [1.82, 2.24) is 14.7 Å². The van der Waals surface area contributed by atoms with Crippen molar-refractivity contribution >= 4 is 17.6 Å². The van der Waals surface area contributed by atoms with Crippen molar-refractivity contribution < 1.29 is 18.4 Å². The Hall–Kier alpha value is -3.36. The predicted molar refractivity (Wildman–Crippen MR) is 90.9 cm³/mol. The molecule has 9 heteroatoms. The summed E-state index contributed by atoms with van der Waals surface area (Å²) in [5.74, 6) is 0.794. The molecule has 3 heterocycles. The van der Waals surface area contributed by atoms with E-state index >= 15 is 0 Å². The van der Waals surface area contributed by atoms with E-state index in [1.807, 2.05) is 0 Å². The van der Waals surface area contributed by atoms with E-state index in [2.05, 4.69) is 15.5 Å². The van der Waals surface area contributed by atoms with Crippen LogP contribution in [0.2, 0.25) is 0 Å². The Morgan fingerprint density at radius 3 is 2.96 bits per heavy atom. The lowest BCUT2D eigenvalue weighted by Gasteiger charge is -2.15. The fourth-order valence-corrected chi connectivity index (χ4v) is 2.85. The van der Waals surface area contributed by atoms with Gasteiger partial charge in [-0.1, -0.05) is 5.16 Å². The zero-order valence-corrected chi connectivity index (χ0v) is 13.9. The highest BCUT2D eigenvalue weighted by molar-refractivity contribution is 5.90. The van der Waals surface area contributed by atoms with E-state index in [4.69, 9.17) is 9.26 Å². The van der Waals surface area contributed by atoms with Gasteiger partial charge in [-0.25, -0.2) is 14.2 Å². The van der Waals surface area contributed by atoms with Gasteiger partial charge in [0.05, 0.1) is 24.5 Å². The number of halogens is 1. The number of aryl methyl sites for hydroxylation is 1. The molecule has 1 fully saturated rings. The molecule has 4 rings (SSSR count). The molecule has 0 aliphatic carbocycles. The Morgan fingerprint density at radius 2 is 2.27 bits per heavy atom. The third-order valence-electron chi connectivity index (χ3n) is 4.15. The molecule has 1 saturated heterocycles. The summed E-state index contributed by atoms with van der Waals surface area (Å²) in [6.45, 7) is 2.48. The van der Waals surface area contributed by atoms with Gasteiger partial charge in [-0.05, 0) is 25.1 Å². The molecule has 1 amide bonds. The van der Waals surface area contributed by atoms with E-state index in [9.17, 15) is 9.18 Å². The Balaban J connectivity index is 1.48. The number of carbonyl (C=O) groups excluding carboxylic acids is 1. The van der Waals surface area contributed by atoms with E-state index in [1.165, 1.54) is 17.2 Å². The molecular weight excluding hydrogens is 341 g/mol. The first kappa shape index (κ1) is 16.1. The van der Waals surface area contributed by atoms with Gasteiger partial charge in [0.1, 0.15) is 24.0 Å². The molecule has 1 atom stereocenters. The Bertz CT molecular complexity index is 924. The maximum Gasteiger partial charge on any atom is 0.414 e. The molecule has 0 radical (unpaired) electrons. The molecule has 1 aliphatic heterocycles. The van der Waals surface area contributed by atoms with Gasteiger partial charge in [0.25, 0.3) is 0 Å². The Morgan fingerprint density at radius 1 is 1.38 bits per heavy atom. The van der Waals surface area contributed by atoms with E-state index in [0.29, 0.717) is 36.1 Å².